The van der Waals surface area contributed by atoms with Gasteiger partial charge in [-0.2, -0.15) is 0 Å². The second-order valence-electron chi connectivity index (χ2n) is 8.49. The lowest BCUT2D eigenvalue weighted by Crippen LogP contribution is -2.47. The van der Waals surface area contributed by atoms with Crippen molar-refractivity contribution < 1.29 is 4.79 Å². The smallest absolute Gasteiger partial charge is 0.222 e. The number of carbonyl (C=O) groups is 1. The Bertz CT molecular complexity index is 787. The maximum absolute atomic E-state index is 12.8. The number of amides is 1. The molecule has 2 aliphatic rings. The number of piperidine rings is 1. The van der Waals surface area contributed by atoms with E-state index in [4.69, 9.17) is 0 Å². The van der Waals surface area contributed by atoms with Gasteiger partial charge in [0, 0.05) is 50.4 Å². The van der Waals surface area contributed by atoms with Gasteiger partial charge in [-0.1, -0.05) is 30.3 Å². The highest BCUT2D eigenvalue weighted by atomic mass is 16.2. The Balaban J connectivity index is 1.32. The summed E-state index contributed by atoms with van der Waals surface area (Å²) in [4.78, 5) is 22.0. The van der Waals surface area contributed by atoms with Crippen molar-refractivity contribution in [3.05, 3.63) is 54.1 Å². The normalized spacial score (nSPS) is 22.8. The average Bonchev–Trinajstić information content (AvgIpc) is 3.34. The summed E-state index contributed by atoms with van der Waals surface area (Å²) in [6.07, 6.45) is 9.01. The van der Waals surface area contributed by atoms with Crippen molar-refractivity contribution in [2.75, 3.05) is 26.2 Å². The first-order chi connectivity index (χ1) is 13.7. The van der Waals surface area contributed by atoms with Gasteiger partial charge in [0.1, 0.15) is 5.82 Å². The molecule has 0 radical (unpaired) electrons. The van der Waals surface area contributed by atoms with E-state index in [9.17, 15) is 4.79 Å². The molecule has 1 aromatic carbocycles. The van der Waals surface area contributed by atoms with Crippen LogP contribution in [-0.4, -0.2) is 51.4 Å². The lowest BCUT2D eigenvalue weighted by Gasteiger charge is -2.40. The minimum Gasteiger partial charge on any atom is -0.342 e. The summed E-state index contributed by atoms with van der Waals surface area (Å²) >= 11 is 0. The number of rotatable bonds is 6. The first-order valence-electron chi connectivity index (χ1n) is 10.7. The molecular weight excluding hydrogens is 348 g/mol. The summed E-state index contributed by atoms with van der Waals surface area (Å²) in [5, 5.41) is 0. The predicted octanol–water partition coefficient (Wildman–Crippen LogP) is 3.35. The molecule has 2 fully saturated rings. The highest BCUT2D eigenvalue weighted by Crippen LogP contribution is 2.39. The fraction of sp³-hybridized carbons (Fsp3) is 0.565. The molecule has 1 amide bonds. The molecule has 0 N–H and O–H groups in total. The number of likely N-dealkylation sites (tertiary alicyclic amines) is 2. The van der Waals surface area contributed by atoms with E-state index in [0.717, 1.165) is 57.9 Å². The van der Waals surface area contributed by atoms with Crippen LogP contribution in [0, 0.1) is 5.41 Å². The monoisotopic (exact) mass is 380 g/mol. The number of nitrogens with zero attached hydrogens (tertiary/aromatic N) is 4. The maximum Gasteiger partial charge on any atom is 0.222 e. The summed E-state index contributed by atoms with van der Waals surface area (Å²) in [5.74, 6) is 1.48. The first kappa shape index (κ1) is 19.2. The molecular formula is C23H32N4O. The van der Waals surface area contributed by atoms with Crippen LogP contribution < -0.4 is 0 Å². The topological polar surface area (TPSA) is 41.4 Å². The van der Waals surface area contributed by atoms with E-state index in [1.807, 2.05) is 24.4 Å². The van der Waals surface area contributed by atoms with Crippen molar-refractivity contribution in [1.82, 2.24) is 19.4 Å². The van der Waals surface area contributed by atoms with Crippen molar-refractivity contribution >= 4 is 5.91 Å². The van der Waals surface area contributed by atoms with E-state index in [1.165, 1.54) is 18.4 Å². The van der Waals surface area contributed by atoms with Crippen molar-refractivity contribution in [2.24, 2.45) is 5.41 Å². The molecule has 5 nitrogen and oxygen atoms in total. The number of imidazole rings is 1. The number of aromatic nitrogens is 2. The van der Waals surface area contributed by atoms with Crippen LogP contribution in [0.4, 0.5) is 0 Å². The molecule has 1 atom stereocenters. The van der Waals surface area contributed by atoms with Crippen molar-refractivity contribution in [2.45, 2.75) is 52.1 Å². The predicted molar refractivity (Wildman–Crippen MR) is 111 cm³/mol. The van der Waals surface area contributed by atoms with Crippen LogP contribution in [-0.2, 0) is 24.3 Å². The fourth-order valence-electron chi connectivity index (χ4n) is 4.95. The van der Waals surface area contributed by atoms with Gasteiger partial charge in [-0.25, -0.2) is 4.98 Å². The molecule has 0 saturated carbocycles. The van der Waals surface area contributed by atoms with Crippen molar-refractivity contribution in [3.63, 3.8) is 0 Å². The quantitative estimate of drug-likeness (QED) is 0.772. The third kappa shape index (κ3) is 4.30. The van der Waals surface area contributed by atoms with Crippen LogP contribution in [0.5, 0.6) is 0 Å². The molecule has 0 unspecified atom stereocenters. The summed E-state index contributed by atoms with van der Waals surface area (Å²) in [7, 11) is 0. The van der Waals surface area contributed by atoms with Gasteiger partial charge >= 0.3 is 0 Å². The number of carbonyl (C=O) groups excluding carboxylic acids is 1. The molecule has 0 aliphatic carbocycles. The number of aryl methyl sites for hydroxylation is 2. The Morgan fingerprint density at radius 1 is 1.14 bits per heavy atom. The Hall–Kier alpha value is -2.14. The van der Waals surface area contributed by atoms with Crippen LogP contribution in [0.3, 0.4) is 0 Å². The van der Waals surface area contributed by atoms with Crippen LogP contribution in [0.25, 0.3) is 0 Å². The Morgan fingerprint density at radius 3 is 2.82 bits per heavy atom. The molecule has 28 heavy (non-hydrogen) atoms. The molecule has 2 aliphatic heterocycles. The van der Waals surface area contributed by atoms with Gasteiger partial charge in [0.15, 0.2) is 0 Å². The highest BCUT2D eigenvalue weighted by molar-refractivity contribution is 5.76. The van der Waals surface area contributed by atoms with E-state index in [1.54, 1.807) is 0 Å². The number of hydrogen-bond donors (Lipinski definition) is 0. The molecule has 1 aromatic heterocycles. The SMILES string of the molecule is CCn1ccnc1CN1CC[C@@]2(CCCN(C(=O)CCc3ccccc3)C2)C1. The van der Waals surface area contributed by atoms with E-state index in [-0.39, 0.29) is 5.41 Å². The molecule has 2 aromatic rings. The number of benzene rings is 1. The molecule has 150 valence electrons. The van der Waals surface area contributed by atoms with Crippen molar-refractivity contribution in [3.8, 4) is 0 Å². The zero-order valence-electron chi connectivity index (χ0n) is 17.0. The fourth-order valence-corrected chi connectivity index (χ4v) is 4.95. The van der Waals surface area contributed by atoms with Gasteiger partial charge in [-0.3, -0.25) is 9.69 Å². The summed E-state index contributed by atoms with van der Waals surface area (Å²) < 4.78 is 2.23. The molecule has 5 heteroatoms. The zero-order chi connectivity index (χ0) is 19.4. The van der Waals surface area contributed by atoms with E-state index in [0.29, 0.717) is 12.3 Å². The molecule has 3 heterocycles. The largest absolute Gasteiger partial charge is 0.342 e. The summed E-state index contributed by atoms with van der Waals surface area (Å²) in [6.45, 7) is 8.11. The van der Waals surface area contributed by atoms with Gasteiger partial charge in [-0.05, 0) is 44.7 Å². The third-order valence-electron chi connectivity index (χ3n) is 6.51. The maximum atomic E-state index is 12.8. The Labute approximate surface area is 168 Å². The van der Waals surface area contributed by atoms with Gasteiger partial charge in [0.25, 0.3) is 0 Å². The Kier molecular flexibility index (Phi) is 5.81. The minimum atomic E-state index is 0.282. The molecule has 4 rings (SSSR count). The lowest BCUT2D eigenvalue weighted by atomic mass is 9.79. The lowest BCUT2D eigenvalue weighted by molar-refractivity contribution is -0.134. The van der Waals surface area contributed by atoms with Crippen molar-refractivity contribution in [1.29, 1.82) is 0 Å². The Morgan fingerprint density at radius 2 is 2.00 bits per heavy atom. The zero-order valence-corrected chi connectivity index (χ0v) is 17.0. The minimum absolute atomic E-state index is 0.282. The average molecular weight is 381 g/mol. The van der Waals surface area contributed by atoms with E-state index >= 15 is 0 Å². The van der Waals surface area contributed by atoms with Crippen LogP contribution in [0.2, 0.25) is 0 Å². The number of hydrogen-bond acceptors (Lipinski definition) is 3. The van der Waals surface area contributed by atoms with Crippen LogP contribution in [0.1, 0.15) is 44.0 Å². The molecule has 2 saturated heterocycles. The highest BCUT2D eigenvalue weighted by Gasteiger charge is 2.42. The second kappa shape index (κ2) is 8.48. The van der Waals surface area contributed by atoms with Crippen LogP contribution in [0.15, 0.2) is 42.7 Å². The standard InChI is InChI=1S/C23H32N4O/c1-2-26-16-13-24-21(26)17-25-15-12-23(18-25)11-6-14-27(19-23)22(28)10-9-20-7-4-3-5-8-20/h3-5,7-8,13,16H,2,6,9-12,14-15,17-19H2,1H3/t23-/m0/s1. The summed E-state index contributed by atoms with van der Waals surface area (Å²) in [6, 6.07) is 10.3. The van der Waals surface area contributed by atoms with Gasteiger partial charge in [0.05, 0.1) is 6.54 Å². The van der Waals surface area contributed by atoms with Gasteiger partial charge in [-0.15, -0.1) is 0 Å². The van der Waals surface area contributed by atoms with Gasteiger partial charge < -0.3 is 9.47 Å². The summed E-state index contributed by atoms with van der Waals surface area (Å²) in [5.41, 5.74) is 1.53. The molecule has 0 bridgehead atoms. The van der Waals surface area contributed by atoms with Crippen LogP contribution >= 0.6 is 0 Å². The first-order valence-corrected chi connectivity index (χ1v) is 10.7. The van der Waals surface area contributed by atoms with Gasteiger partial charge in [0.2, 0.25) is 5.91 Å². The van der Waals surface area contributed by atoms with E-state index in [2.05, 4.69) is 44.6 Å². The molecule has 1 spiro atoms. The third-order valence-corrected chi connectivity index (χ3v) is 6.51. The second-order valence-corrected chi connectivity index (χ2v) is 8.49. The van der Waals surface area contributed by atoms with E-state index < -0.39 is 0 Å².